The number of hydrogen-bond donors (Lipinski definition) is 2. The molecule has 0 radical (unpaired) electrons. The molecule has 4 aromatic rings. The third-order valence-electron chi connectivity index (χ3n) is 5.07. The van der Waals surface area contributed by atoms with Crippen LogP contribution in [0.2, 0.25) is 0 Å². The molecule has 1 fully saturated rings. The fourth-order valence-electron chi connectivity index (χ4n) is 3.68. The van der Waals surface area contributed by atoms with Crippen LogP contribution in [-0.4, -0.2) is 55.4 Å². The number of carbonyl (C=O) groups is 1. The highest BCUT2D eigenvalue weighted by atomic mass is 19.1. The van der Waals surface area contributed by atoms with Crippen molar-refractivity contribution in [1.82, 2.24) is 20.0 Å². The zero-order valence-electron chi connectivity index (χ0n) is 15.2. The molecule has 5 rings (SSSR count). The van der Waals surface area contributed by atoms with E-state index in [1.165, 1.54) is 23.0 Å². The average molecular weight is 393 g/mol. The lowest BCUT2D eigenvalue weighted by molar-refractivity contribution is 0.0699. The molecule has 1 aliphatic rings. The number of pyridine rings is 1. The van der Waals surface area contributed by atoms with Crippen molar-refractivity contribution in [2.45, 2.75) is 12.5 Å². The number of anilines is 1. The highest BCUT2D eigenvalue weighted by molar-refractivity contribution is 6.13. The second-order valence-electron chi connectivity index (χ2n) is 7.02. The van der Waals surface area contributed by atoms with E-state index in [0.717, 1.165) is 0 Å². The van der Waals surface area contributed by atoms with Gasteiger partial charge in [0.05, 0.1) is 22.9 Å². The zero-order valence-corrected chi connectivity index (χ0v) is 15.2. The van der Waals surface area contributed by atoms with E-state index in [4.69, 9.17) is 0 Å². The first-order chi connectivity index (χ1) is 14.0. The second kappa shape index (κ2) is 6.49. The molecule has 1 saturated heterocycles. The summed E-state index contributed by atoms with van der Waals surface area (Å²) in [7, 11) is 0. The maximum absolute atomic E-state index is 13.6. The fourth-order valence-corrected chi connectivity index (χ4v) is 3.68. The Bertz CT molecular complexity index is 1270. The minimum atomic E-state index is -1.11. The number of fused-ring (bicyclic) bond motifs is 3. The number of rotatable bonds is 3. The first-order valence-electron chi connectivity index (χ1n) is 9.12. The largest absolute Gasteiger partial charge is 0.478 e. The van der Waals surface area contributed by atoms with Gasteiger partial charge in [-0.25, -0.2) is 14.2 Å². The molecule has 9 heteroatoms. The highest BCUT2D eigenvalue weighted by Gasteiger charge is 2.24. The Labute approximate surface area is 163 Å². The van der Waals surface area contributed by atoms with E-state index >= 15 is 0 Å². The number of halogens is 1. The van der Waals surface area contributed by atoms with Crippen LogP contribution >= 0.6 is 0 Å². The first-order valence-corrected chi connectivity index (χ1v) is 9.12. The Morgan fingerprint density at radius 2 is 1.97 bits per heavy atom. The number of aliphatic hydroxyl groups is 1. The minimum absolute atomic E-state index is 0.0586. The Kier molecular flexibility index (Phi) is 3.92. The van der Waals surface area contributed by atoms with Crippen LogP contribution < -0.4 is 4.90 Å². The van der Waals surface area contributed by atoms with Crippen molar-refractivity contribution in [1.29, 1.82) is 0 Å². The number of β-amino-alcohol motifs (C(OH)–C–C–N with tert-alkyl or cyclic N) is 1. The molecule has 0 amide bonds. The number of carboxylic acid groups (broad SMARTS) is 1. The van der Waals surface area contributed by atoms with Gasteiger partial charge in [-0.15, -0.1) is 10.2 Å². The van der Waals surface area contributed by atoms with Crippen molar-refractivity contribution in [2.75, 3.05) is 18.0 Å². The van der Waals surface area contributed by atoms with E-state index in [-0.39, 0.29) is 5.56 Å². The number of carboxylic acids is 1. The number of aromatic carboxylic acids is 1. The summed E-state index contributed by atoms with van der Waals surface area (Å²) in [5.41, 5.74) is 1.82. The Morgan fingerprint density at radius 3 is 2.69 bits per heavy atom. The smallest absolute Gasteiger partial charge is 0.336 e. The SMILES string of the molecule is O=C(O)c1cc(N2CCC(O)C2)nc2ccc3nn(-c4cccc(F)c4)nc3c12. The monoisotopic (exact) mass is 393 g/mol. The van der Waals surface area contributed by atoms with E-state index in [9.17, 15) is 19.4 Å². The summed E-state index contributed by atoms with van der Waals surface area (Å²) in [5.74, 6) is -1.02. The van der Waals surface area contributed by atoms with Crippen molar-refractivity contribution >= 4 is 33.7 Å². The van der Waals surface area contributed by atoms with Gasteiger partial charge in [0, 0.05) is 24.5 Å². The summed E-state index contributed by atoms with van der Waals surface area (Å²) in [6.07, 6.45) is 0.165. The van der Waals surface area contributed by atoms with Crippen LogP contribution in [0.5, 0.6) is 0 Å². The zero-order chi connectivity index (χ0) is 20.1. The summed E-state index contributed by atoms with van der Waals surface area (Å²) in [6, 6.07) is 10.8. The molecule has 2 aromatic carbocycles. The van der Waals surface area contributed by atoms with E-state index < -0.39 is 17.9 Å². The minimum Gasteiger partial charge on any atom is -0.478 e. The van der Waals surface area contributed by atoms with Crippen molar-refractivity contribution in [3.8, 4) is 5.69 Å². The molecular weight excluding hydrogens is 377 g/mol. The molecule has 1 unspecified atom stereocenters. The first kappa shape index (κ1) is 17.5. The van der Waals surface area contributed by atoms with Crippen LogP contribution in [0.3, 0.4) is 0 Å². The van der Waals surface area contributed by atoms with E-state index in [1.54, 1.807) is 24.3 Å². The maximum Gasteiger partial charge on any atom is 0.336 e. The van der Waals surface area contributed by atoms with Crippen molar-refractivity contribution in [3.63, 3.8) is 0 Å². The van der Waals surface area contributed by atoms with E-state index in [2.05, 4.69) is 15.2 Å². The van der Waals surface area contributed by atoms with Crippen LogP contribution in [0.4, 0.5) is 10.2 Å². The fraction of sp³-hybridized carbons (Fsp3) is 0.200. The van der Waals surface area contributed by atoms with Crippen LogP contribution in [0.25, 0.3) is 27.6 Å². The highest BCUT2D eigenvalue weighted by Crippen LogP contribution is 2.30. The molecule has 0 bridgehead atoms. The summed E-state index contributed by atoms with van der Waals surface area (Å²) in [4.78, 5) is 19.8. The molecule has 1 atom stereocenters. The van der Waals surface area contributed by atoms with Gasteiger partial charge in [0.15, 0.2) is 0 Å². The van der Waals surface area contributed by atoms with Crippen LogP contribution in [0.15, 0.2) is 42.5 Å². The molecular formula is C20H16FN5O3. The Morgan fingerprint density at radius 1 is 1.14 bits per heavy atom. The predicted molar refractivity (Wildman–Crippen MR) is 104 cm³/mol. The molecule has 8 nitrogen and oxygen atoms in total. The van der Waals surface area contributed by atoms with Gasteiger partial charge in [-0.3, -0.25) is 0 Å². The van der Waals surface area contributed by atoms with Gasteiger partial charge < -0.3 is 15.1 Å². The van der Waals surface area contributed by atoms with E-state index in [1.807, 2.05) is 4.90 Å². The quantitative estimate of drug-likeness (QED) is 0.551. The lowest BCUT2D eigenvalue weighted by Gasteiger charge is -2.18. The van der Waals surface area contributed by atoms with Gasteiger partial charge in [0.25, 0.3) is 0 Å². The average Bonchev–Trinajstić information content (AvgIpc) is 3.33. The molecule has 3 heterocycles. The van der Waals surface area contributed by atoms with Gasteiger partial charge in [0.1, 0.15) is 22.7 Å². The molecule has 146 valence electrons. The second-order valence-corrected chi connectivity index (χ2v) is 7.02. The molecule has 29 heavy (non-hydrogen) atoms. The van der Waals surface area contributed by atoms with Crippen LogP contribution in [0.1, 0.15) is 16.8 Å². The number of aliphatic hydroxyl groups excluding tert-OH is 1. The molecule has 0 aliphatic carbocycles. The summed E-state index contributed by atoms with van der Waals surface area (Å²) >= 11 is 0. The summed E-state index contributed by atoms with van der Waals surface area (Å²) in [5, 5.41) is 28.8. The van der Waals surface area contributed by atoms with Crippen molar-refractivity contribution < 1.29 is 19.4 Å². The lowest BCUT2D eigenvalue weighted by atomic mass is 10.1. The Hall–Kier alpha value is -3.59. The van der Waals surface area contributed by atoms with Gasteiger partial charge in [-0.2, -0.15) is 4.80 Å². The molecule has 0 saturated carbocycles. The van der Waals surface area contributed by atoms with E-state index in [0.29, 0.717) is 53.0 Å². The lowest BCUT2D eigenvalue weighted by Crippen LogP contribution is -2.22. The standard InChI is InChI=1S/C20H16FN5O3/c21-11-2-1-3-12(8-11)26-23-16-5-4-15-18(19(16)24-26)14(20(28)29)9-17(22-15)25-7-6-13(27)10-25/h1-5,8-9,13,27H,6-7,10H2,(H,28,29). The molecule has 2 aromatic heterocycles. The van der Waals surface area contributed by atoms with Gasteiger partial charge in [-0.05, 0) is 36.8 Å². The van der Waals surface area contributed by atoms with Crippen molar-refractivity contribution in [3.05, 3.63) is 53.8 Å². The van der Waals surface area contributed by atoms with Crippen LogP contribution in [-0.2, 0) is 0 Å². The summed E-state index contributed by atoms with van der Waals surface area (Å²) < 4.78 is 13.6. The topological polar surface area (TPSA) is 104 Å². The number of aromatic nitrogens is 4. The number of nitrogens with zero attached hydrogens (tertiary/aromatic N) is 5. The summed E-state index contributed by atoms with van der Waals surface area (Å²) in [6.45, 7) is 1.02. The Balaban J connectivity index is 1.72. The number of hydrogen-bond acceptors (Lipinski definition) is 6. The molecule has 1 aliphatic heterocycles. The van der Waals surface area contributed by atoms with Gasteiger partial charge in [0.2, 0.25) is 0 Å². The normalized spacial score (nSPS) is 16.8. The molecule has 2 N–H and O–H groups in total. The van der Waals surface area contributed by atoms with Crippen molar-refractivity contribution in [2.24, 2.45) is 0 Å². The van der Waals surface area contributed by atoms with Crippen LogP contribution in [0, 0.1) is 5.82 Å². The number of benzene rings is 2. The van der Waals surface area contributed by atoms with Gasteiger partial charge in [-0.1, -0.05) is 6.07 Å². The molecule has 0 spiro atoms. The third kappa shape index (κ3) is 2.95. The van der Waals surface area contributed by atoms with Gasteiger partial charge >= 0.3 is 5.97 Å². The predicted octanol–water partition coefficient (Wildman–Crippen LogP) is 2.38. The third-order valence-corrected chi connectivity index (χ3v) is 5.07. The maximum atomic E-state index is 13.6.